The summed E-state index contributed by atoms with van der Waals surface area (Å²) in [7, 11) is 1.53. The van der Waals surface area contributed by atoms with Crippen LogP contribution in [0.15, 0.2) is 72.8 Å². The third-order valence-electron chi connectivity index (χ3n) is 4.40. The van der Waals surface area contributed by atoms with Crippen molar-refractivity contribution in [3.8, 4) is 17.6 Å². The number of anilines is 1. The molecule has 0 saturated heterocycles. The fourth-order valence-electron chi connectivity index (χ4n) is 2.84. The van der Waals surface area contributed by atoms with E-state index >= 15 is 0 Å². The molecule has 3 rings (SSSR count). The van der Waals surface area contributed by atoms with Crippen molar-refractivity contribution in [3.63, 3.8) is 0 Å². The number of rotatable bonds is 7. The third-order valence-corrected chi connectivity index (χ3v) is 4.40. The number of allylic oxidation sites excluding steroid dienone is 1. The molecule has 150 valence electrons. The number of nitriles is 1. The Morgan fingerprint density at radius 1 is 1.03 bits per heavy atom. The van der Waals surface area contributed by atoms with E-state index in [1.807, 2.05) is 55.5 Å². The topological polar surface area (TPSA) is 71.3 Å². The van der Waals surface area contributed by atoms with Crippen LogP contribution in [-0.4, -0.2) is 19.6 Å². The van der Waals surface area contributed by atoms with Crippen LogP contribution in [0.25, 0.3) is 11.6 Å². The van der Waals surface area contributed by atoms with E-state index in [0.717, 1.165) is 16.7 Å². The quantitative estimate of drug-likeness (QED) is 0.445. The molecule has 0 aliphatic carbocycles. The number of nitrogens with zero attached hydrogens (tertiary/aromatic N) is 1. The summed E-state index contributed by atoms with van der Waals surface area (Å²) >= 11 is 0. The zero-order chi connectivity index (χ0) is 21.3. The van der Waals surface area contributed by atoms with Crippen LogP contribution in [-0.2, 0) is 4.79 Å². The van der Waals surface area contributed by atoms with Gasteiger partial charge in [-0.05, 0) is 48.4 Å². The SMILES string of the molecule is COc1cc(/C=C(\C#N)c2ccc(C)cc2)ccc1OCC(=O)Nc1ccccc1. The lowest BCUT2D eigenvalue weighted by molar-refractivity contribution is -0.118. The van der Waals surface area contributed by atoms with E-state index in [1.54, 1.807) is 30.3 Å². The number of para-hydroxylation sites is 1. The summed E-state index contributed by atoms with van der Waals surface area (Å²) in [5.41, 5.74) is 4.03. The maximum Gasteiger partial charge on any atom is 0.262 e. The van der Waals surface area contributed by atoms with Crippen molar-refractivity contribution < 1.29 is 14.3 Å². The molecule has 0 fully saturated rings. The molecule has 0 aromatic heterocycles. The van der Waals surface area contributed by atoms with Gasteiger partial charge in [0.1, 0.15) is 0 Å². The number of hydrogen-bond acceptors (Lipinski definition) is 4. The maximum absolute atomic E-state index is 12.1. The monoisotopic (exact) mass is 398 g/mol. The summed E-state index contributed by atoms with van der Waals surface area (Å²) in [6, 6.07) is 24.5. The lowest BCUT2D eigenvalue weighted by atomic mass is 10.0. The second-order valence-corrected chi connectivity index (χ2v) is 6.65. The van der Waals surface area contributed by atoms with Crippen molar-refractivity contribution in [2.45, 2.75) is 6.92 Å². The first-order chi connectivity index (χ1) is 14.6. The maximum atomic E-state index is 12.1. The second-order valence-electron chi connectivity index (χ2n) is 6.65. The largest absolute Gasteiger partial charge is 0.493 e. The van der Waals surface area contributed by atoms with Gasteiger partial charge in [0.2, 0.25) is 0 Å². The number of aryl methyl sites for hydroxylation is 1. The fourth-order valence-corrected chi connectivity index (χ4v) is 2.84. The van der Waals surface area contributed by atoms with Crippen molar-refractivity contribution in [2.24, 2.45) is 0 Å². The zero-order valence-electron chi connectivity index (χ0n) is 16.9. The average molecular weight is 398 g/mol. The van der Waals surface area contributed by atoms with Gasteiger partial charge in [-0.1, -0.05) is 54.1 Å². The lowest BCUT2D eigenvalue weighted by Crippen LogP contribution is -2.20. The molecule has 0 unspecified atom stereocenters. The van der Waals surface area contributed by atoms with Crippen LogP contribution in [0, 0.1) is 18.3 Å². The summed E-state index contributed by atoms with van der Waals surface area (Å²) in [6.45, 7) is 1.86. The first kappa shape index (κ1) is 20.7. The number of carbonyl (C=O) groups is 1. The Labute approximate surface area is 176 Å². The fraction of sp³-hybridized carbons (Fsp3) is 0.120. The van der Waals surface area contributed by atoms with Gasteiger partial charge in [-0.15, -0.1) is 0 Å². The van der Waals surface area contributed by atoms with E-state index in [9.17, 15) is 10.1 Å². The van der Waals surface area contributed by atoms with Crippen molar-refractivity contribution in [2.75, 3.05) is 19.0 Å². The Kier molecular flexibility index (Phi) is 6.86. The molecule has 3 aromatic rings. The highest BCUT2D eigenvalue weighted by Gasteiger charge is 2.09. The minimum Gasteiger partial charge on any atom is -0.493 e. The molecule has 0 aliphatic heterocycles. The minimum absolute atomic E-state index is 0.146. The first-order valence-corrected chi connectivity index (χ1v) is 9.43. The summed E-state index contributed by atoms with van der Waals surface area (Å²) in [6.07, 6.45) is 1.79. The number of amides is 1. The van der Waals surface area contributed by atoms with Gasteiger partial charge in [-0.25, -0.2) is 0 Å². The first-order valence-electron chi connectivity index (χ1n) is 9.43. The number of methoxy groups -OCH3 is 1. The van der Waals surface area contributed by atoms with E-state index in [4.69, 9.17) is 9.47 Å². The predicted octanol–water partition coefficient (Wildman–Crippen LogP) is 5.09. The summed E-state index contributed by atoms with van der Waals surface area (Å²) in [4.78, 5) is 12.1. The molecule has 3 aromatic carbocycles. The van der Waals surface area contributed by atoms with Crippen molar-refractivity contribution in [3.05, 3.63) is 89.5 Å². The van der Waals surface area contributed by atoms with Gasteiger partial charge >= 0.3 is 0 Å². The minimum atomic E-state index is -0.265. The molecule has 0 saturated carbocycles. The Balaban J connectivity index is 1.72. The molecule has 5 heteroatoms. The third kappa shape index (κ3) is 5.49. The predicted molar refractivity (Wildman–Crippen MR) is 118 cm³/mol. The van der Waals surface area contributed by atoms with E-state index in [-0.39, 0.29) is 12.5 Å². The Morgan fingerprint density at radius 3 is 2.43 bits per heavy atom. The summed E-state index contributed by atoms with van der Waals surface area (Å²) in [5, 5.41) is 12.3. The lowest BCUT2D eigenvalue weighted by Gasteiger charge is -2.12. The molecule has 0 spiro atoms. The number of nitrogens with one attached hydrogen (secondary N) is 1. The van der Waals surface area contributed by atoms with Gasteiger partial charge < -0.3 is 14.8 Å². The van der Waals surface area contributed by atoms with E-state index in [0.29, 0.717) is 22.8 Å². The highest BCUT2D eigenvalue weighted by atomic mass is 16.5. The normalized spacial score (nSPS) is 10.8. The average Bonchev–Trinajstić information content (AvgIpc) is 2.77. The van der Waals surface area contributed by atoms with Gasteiger partial charge in [-0.3, -0.25) is 4.79 Å². The molecular weight excluding hydrogens is 376 g/mol. The van der Waals surface area contributed by atoms with Crippen LogP contribution >= 0.6 is 0 Å². The number of hydrogen-bond donors (Lipinski definition) is 1. The van der Waals surface area contributed by atoms with Crippen LogP contribution in [0.3, 0.4) is 0 Å². The molecule has 1 N–H and O–H groups in total. The van der Waals surface area contributed by atoms with Crippen molar-refractivity contribution in [1.29, 1.82) is 5.26 Å². The van der Waals surface area contributed by atoms with Gasteiger partial charge in [0, 0.05) is 5.69 Å². The van der Waals surface area contributed by atoms with Crippen LogP contribution < -0.4 is 14.8 Å². The molecule has 0 aliphatic rings. The van der Waals surface area contributed by atoms with Gasteiger partial charge in [-0.2, -0.15) is 5.26 Å². The molecule has 1 amide bonds. The molecule has 30 heavy (non-hydrogen) atoms. The van der Waals surface area contributed by atoms with Crippen LogP contribution in [0.2, 0.25) is 0 Å². The second kappa shape index (κ2) is 9.94. The highest BCUT2D eigenvalue weighted by Crippen LogP contribution is 2.30. The molecule has 0 bridgehead atoms. The molecule has 5 nitrogen and oxygen atoms in total. The molecule has 0 radical (unpaired) electrons. The molecule has 0 atom stereocenters. The standard InChI is InChI=1S/C25H22N2O3/c1-18-8-11-20(12-9-18)21(16-26)14-19-10-13-23(24(15-19)29-2)30-17-25(28)27-22-6-4-3-5-7-22/h3-15H,17H2,1-2H3,(H,27,28)/b21-14+. The summed E-state index contributed by atoms with van der Waals surface area (Å²) in [5.74, 6) is 0.669. The van der Waals surface area contributed by atoms with Gasteiger partial charge in [0.05, 0.1) is 18.8 Å². The smallest absolute Gasteiger partial charge is 0.262 e. The number of carbonyl (C=O) groups excluding carboxylic acids is 1. The van der Waals surface area contributed by atoms with E-state index < -0.39 is 0 Å². The van der Waals surface area contributed by atoms with Crippen molar-refractivity contribution in [1.82, 2.24) is 0 Å². The van der Waals surface area contributed by atoms with Crippen LogP contribution in [0.5, 0.6) is 11.5 Å². The number of benzene rings is 3. The van der Waals surface area contributed by atoms with Crippen LogP contribution in [0.1, 0.15) is 16.7 Å². The molecular formula is C25H22N2O3. The Hall–Kier alpha value is -4.04. The zero-order valence-corrected chi connectivity index (χ0v) is 16.9. The Bertz CT molecular complexity index is 1080. The van der Waals surface area contributed by atoms with E-state index in [1.165, 1.54) is 7.11 Å². The highest BCUT2D eigenvalue weighted by molar-refractivity contribution is 5.92. The Morgan fingerprint density at radius 2 is 1.77 bits per heavy atom. The molecule has 0 heterocycles. The van der Waals surface area contributed by atoms with E-state index in [2.05, 4.69) is 11.4 Å². The van der Waals surface area contributed by atoms with Crippen LogP contribution in [0.4, 0.5) is 5.69 Å². The number of ether oxygens (including phenoxy) is 2. The van der Waals surface area contributed by atoms with Gasteiger partial charge in [0.25, 0.3) is 5.91 Å². The van der Waals surface area contributed by atoms with Crippen molar-refractivity contribution >= 4 is 23.2 Å². The summed E-state index contributed by atoms with van der Waals surface area (Å²) < 4.78 is 11.0. The van der Waals surface area contributed by atoms with Gasteiger partial charge in [0.15, 0.2) is 18.1 Å².